The average Bonchev–Trinajstić information content (AvgIpc) is 2.99. The minimum atomic E-state index is 0.110. The van der Waals surface area contributed by atoms with Gasteiger partial charge in [0.25, 0.3) is 0 Å². The Morgan fingerprint density at radius 2 is 1.86 bits per heavy atom. The van der Waals surface area contributed by atoms with Crippen LogP contribution in [0.1, 0.15) is 38.7 Å². The number of rotatable bonds is 3. The van der Waals surface area contributed by atoms with Crippen molar-refractivity contribution in [1.82, 2.24) is 4.90 Å². The lowest BCUT2D eigenvalue weighted by molar-refractivity contribution is -0.612. The molecule has 3 rings (SSSR count). The van der Waals surface area contributed by atoms with E-state index in [4.69, 9.17) is 23.2 Å². The summed E-state index contributed by atoms with van der Waals surface area (Å²) in [6, 6.07) is 5.90. The molecule has 0 N–H and O–H groups in total. The molecule has 1 saturated heterocycles. The summed E-state index contributed by atoms with van der Waals surface area (Å²) in [5, 5.41) is 1.24. The van der Waals surface area contributed by atoms with Crippen molar-refractivity contribution in [3.63, 3.8) is 0 Å². The molecule has 0 unspecified atom stereocenters. The molecule has 2 aliphatic rings. The van der Waals surface area contributed by atoms with Crippen molar-refractivity contribution in [2.24, 2.45) is 0 Å². The minimum Gasteiger partial charge on any atom is -0.374 e. The van der Waals surface area contributed by atoms with Crippen molar-refractivity contribution in [2.75, 3.05) is 13.1 Å². The number of likely N-dealkylation sites (tertiary alicyclic amines) is 1. The Morgan fingerprint density at radius 3 is 2.50 bits per heavy atom. The van der Waals surface area contributed by atoms with Gasteiger partial charge in [-0.2, -0.15) is 0 Å². The maximum atomic E-state index is 6.13. The predicted octanol–water partition coefficient (Wildman–Crippen LogP) is 4.74. The highest BCUT2D eigenvalue weighted by Gasteiger charge is 2.35. The van der Waals surface area contributed by atoms with Crippen molar-refractivity contribution in [3.05, 3.63) is 45.6 Å². The first-order chi connectivity index (χ1) is 10.5. The number of allylic oxidation sites excluding steroid dienone is 1. The number of benzene rings is 1. The average molecular weight is 338 g/mol. The Hall–Kier alpha value is -0.990. The second kappa shape index (κ2) is 6.25. The van der Waals surface area contributed by atoms with Crippen LogP contribution in [0, 0.1) is 0 Å². The van der Waals surface area contributed by atoms with E-state index in [1.165, 1.54) is 37.2 Å². The van der Waals surface area contributed by atoms with Crippen LogP contribution in [0.25, 0.3) is 0 Å². The zero-order valence-electron chi connectivity index (χ0n) is 13.3. The number of hydrogen-bond donors (Lipinski definition) is 0. The van der Waals surface area contributed by atoms with Crippen molar-refractivity contribution in [1.29, 1.82) is 0 Å². The van der Waals surface area contributed by atoms with Crippen LogP contribution in [0.2, 0.25) is 10.0 Å². The Labute approximate surface area is 143 Å². The highest BCUT2D eigenvalue weighted by Crippen LogP contribution is 2.29. The van der Waals surface area contributed by atoms with Gasteiger partial charge in [-0.15, -0.1) is 0 Å². The van der Waals surface area contributed by atoms with Gasteiger partial charge in [0.05, 0.1) is 16.5 Å². The third-order valence-corrected chi connectivity index (χ3v) is 5.43. The molecule has 0 aromatic heterocycles. The molecule has 0 amide bonds. The van der Waals surface area contributed by atoms with Crippen LogP contribution < -0.4 is 0 Å². The molecule has 0 bridgehead atoms. The second-order valence-electron chi connectivity index (χ2n) is 6.87. The molecule has 0 saturated carbocycles. The van der Waals surface area contributed by atoms with Crippen LogP contribution in [0.4, 0.5) is 0 Å². The maximum Gasteiger partial charge on any atom is 0.168 e. The van der Waals surface area contributed by atoms with Gasteiger partial charge in [0, 0.05) is 44.3 Å². The molecule has 0 aliphatic carbocycles. The Kier molecular flexibility index (Phi) is 4.52. The molecule has 0 spiro atoms. The van der Waals surface area contributed by atoms with E-state index in [0.717, 1.165) is 13.0 Å². The van der Waals surface area contributed by atoms with Crippen LogP contribution in [-0.4, -0.2) is 34.3 Å². The summed E-state index contributed by atoms with van der Waals surface area (Å²) in [4.78, 5) is 2.54. The fraction of sp³-hybridized carbons (Fsp3) is 0.500. The van der Waals surface area contributed by atoms with Gasteiger partial charge in [-0.1, -0.05) is 29.3 Å². The van der Waals surface area contributed by atoms with E-state index in [2.05, 4.69) is 41.7 Å². The lowest BCUT2D eigenvalue weighted by Gasteiger charge is -2.31. The number of halogens is 2. The Balaban J connectivity index is 1.81. The fourth-order valence-electron chi connectivity index (χ4n) is 3.30. The Bertz CT molecular complexity index is 626. The molecule has 2 nitrogen and oxygen atoms in total. The van der Waals surface area contributed by atoms with Crippen molar-refractivity contribution in [2.45, 2.75) is 45.2 Å². The highest BCUT2D eigenvalue weighted by molar-refractivity contribution is 6.42. The summed E-state index contributed by atoms with van der Waals surface area (Å²) in [5.41, 5.74) is 2.78. The van der Waals surface area contributed by atoms with Gasteiger partial charge >= 0.3 is 0 Å². The summed E-state index contributed by atoms with van der Waals surface area (Å²) < 4.78 is 2.39. The normalized spacial score (nSPS) is 20.8. The molecule has 2 aliphatic heterocycles. The maximum absolute atomic E-state index is 6.13. The van der Waals surface area contributed by atoms with E-state index in [1.54, 1.807) is 0 Å². The Morgan fingerprint density at radius 1 is 1.14 bits per heavy atom. The lowest BCUT2D eigenvalue weighted by Crippen LogP contribution is -2.41. The monoisotopic (exact) mass is 337 g/mol. The molecule has 0 atom stereocenters. The predicted molar refractivity (Wildman–Crippen MR) is 94.1 cm³/mol. The molecule has 2 heterocycles. The molecule has 22 heavy (non-hydrogen) atoms. The molecule has 1 aromatic rings. The third kappa shape index (κ3) is 3.33. The van der Waals surface area contributed by atoms with Crippen molar-refractivity contribution >= 4 is 29.4 Å². The summed E-state index contributed by atoms with van der Waals surface area (Å²) in [6.07, 6.45) is 8.26. The van der Waals surface area contributed by atoms with Gasteiger partial charge in [0.2, 0.25) is 0 Å². The smallest absolute Gasteiger partial charge is 0.168 e. The summed E-state index contributed by atoms with van der Waals surface area (Å²) in [7, 11) is 0. The molecule has 0 radical (unpaired) electrons. The first-order valence-electron chi connectivity index (χ1n) is 7.95. The molecule has 1 aromatic carbocycles. The SMILES string of the molecule is CC1(C)CC(N2CCCC2)=CC=[N+]1Cc1ccc(Cl)c(Cl)c1. The topological polar surface area (TPSA) is 6.25 Å². The van der Waals surface area contributed by atoms with Gasteiger partial charge in [0.1, 0.15) is 0 Å². The van der Waals surface area contributed by atoms with Gasteiger partial charge in [-0.25, -0.2) is 4.58 Å². The quantitative estimate of drug-likeness (QED) is 0.722. The molecule has 1 fully saturated rings. The van der Waals surface area contributed by atoms with Crippen LogP contribution >= 0.6 is 23.2 Å². The van der Waals surface area contributed by atoms with Gasteiger partial charge in [-0.3, -0.25) is 0 Å². The van der Waals surface area contributed by atoms with Crippen LogP contribution in [0.5, 0.6) is 0 Å². The zero-order chi connectivity index (χ0) is 15.7. The van der Waals surface area contributed by atoms with E-state index >= 15 is 0 Å². The molecular formula is C18H23Cl2N2+. The van der Waals surface area contributed by atoms with Gasteiger partial charge in [-0.05, 0) is 25.0 Å². The van der Waals surface area contributed by atoms with E-state index in [9.17, 15) is 0 Å². The van der Waals surface area contributed by atoms with Gasteiger partial charge in [0.15, 0.2) is 18.3 Å². The van der Waals surface area contributed by atoms with Crippen molar-refractivity contribution in [3.8, 4) is 0 Å². The van der Waals surface area contributed by atoms with E-state index in [1.807, 2.05) is 12.1 Å². The zero-order valence-corrected chi connectivity index (χ0v) is 14.8. The number of hydrogen-bond acceptors (Lipinski definition) is 1. The summed E-state index contributed by atoms with van der Waals surface area (Å²) in [6.45, 7) is 7.90. The largest absolute Gasteiger partial charge is 0.374 e. The van der Waals surface area contributed by atoms with Gasteiger partial charge < -0.3 is 4.90 Å². The highest BCUT2D eigenvalue weighted by atomic mass is 35.5. The third-order valence-electron chi connectivity index (χ3n) is 4.69. The molecular weight excluding hydrogens is 315 g/mol. The van der Waals surface area contributed by atoms with Crippen LogP contribution in [0.3, 0.4) is 0 Å². The van der Waals surface area contributed by atoms with E-state index < -0.39 is 0 Å². The van der Waals surface area contributed by atoms with Crippen LogP contribution in [-0.2, 0) is 6.54 Å². The van der Waals surface area contributed by atoms with E-state index in [-0.39, 0.29) is 5.54 Å². The first-order valence-corrected chi connectivity index (χ1v) is 8.71. The standard InChI is InChI=1S/C18H23Cl2N2/c1-18(2)12-15(21-8-3-4-9-21)7-10-22(18)13-14-5-6-16(19)17(20)11-14/h5-7,10-11H,3-4,8-9,12-13H2,1-2H3/q+1. The summed E-state index contributed by atoms with van der Waals surface area (Å²) >= 11 is 12.1. The number of nitrogens with zero attached hydrogens (tertiary/aromatic N) is 2. The van der Waals surface area contributed by atoms with Crippen molar-refractivity contribution < 1.29 is 4.58 Å². The lowest BCUT2D eigenvalue weighted by atomic mass is 9.93. The fourth-order valence-corrected chi connectivity index (χ4v) is 3.63. The minimum absolute atomic E-state index is 0.110. The molecule has 118 valence electrons. The molecule has 4 heteroatoms. The first kappa shape index (κ1) is 15.9. The second-order valence-corrected chi connectivity index (χ2v) is 7.68. The summed E-state index contributed by atoms with van der Waals surface area (Å²) in [5.74, 6) is 0. The van der Waals surface area contributed by atoms with Crippen LogP contribution in [0.15, 0.2) is 30.0 Å². The van der Waals surface area contributed by atoms with E-state index in [0.29, 0.717) is 10.0 Å².